The van der Waals surface area contributed by atoms with Crippen molar-refractivity contribution in [3.05, 3.63) is 34.9 Å². The van der Waals surface area contributed by atoms with Crippen LogP contribution in [0.2, 0.25) is 5.02 Å². The van der Waals surface area contributed by atoms with E-state index >= 15 is 0 Å². The number of hydrogen-bond acceptors (Lipinski definition) is 3. The van der Waals surface area contributed by atoms with Crippen molar-refractivity contribution < 1.29 is 9.84 Å². The third-order valence-corrected chi connectivity index (χ3v) is 3.28. The highest BCUT2D eigenvalue weighted by molar-refractivity contribution is 6.30. The Kier molecular flexibility index (Phi) is 7.28. The maximum Gasteiger partial charge on any atom is 0.0802 e. The molecule has 4 heteroatoms. The molecule has 0 aromatic heterocycles. The molecule has 0 fully saturated rings. The van der Waals surface area contributed by atoms with Crippen LogP contribution in [0.1, 0.15) is 25.0 Å². The lowest BCUT2D eigenvalue weighted by Gasteiger charge is -2.21. The van der Waals surface area contributed by atoms with Crippen molar-refractivity contribution in [3.8, 4) is 0 Å². The Morgan fingerprint density at radius 2 is 1.94 bits per heavy atom. The predicted molar refractivity (Wildman–Crippen MR) is 75.0 cm³/mol. The number of benzene rings is 1. The van der Waals surface area contributed by atoms with E-state index in [0.717, 1.165) is 38.2 Å². The fraction of sp³-hybridized carbons (Fsp3) is 0.571. The van der Waals surface area contributed by atoms with Crippen LogP contribution < -0.4 is 0 Å². The van der Waals surface area contributed by atoms with E-state index in [-0.39, 0.29) is 0 Å². The number of ether oxygens (including phenoxy) is 1. The number of rotatable bonds is 8. The van der Waals surface area contributed by atoms with Gasteiger partial charge in [0.1, 0.15) is 0 Å². The summed E-state index contributed by atoms with van der Waals surface area (Å²) in [5.74, 6) is 0. The van der Waals surface area contributed by atoms with E-state index in [1.807, 2.05) is 24.3 Å². The number of hydrogen-bond donors (Lipinski definition) is 1. The molecular formula is C14H22ClNO2. The van der Waals surface area contributed by atoms with Crippen molar-refractivity contribution in [2.75, 3.05) is 33.4 Å². The van der Waals surface area contributed by atoms with Gasteiger partial charge in [-0.25, -0.2) is 0 Å². The second kappa shape index (κ2) is 8.48. The molecule has 3 nitrogen and oxygen atoms in total. The highest BCUT2D eigenvalue weighted by Gasteiger charge is 2.10. The lowest BCUT2D eigenvalue weighted by molar-refractivity contribution is 0.120. The van der Waals surface area contributed by atoms with Gasteiger partial charge in [0.2, 0.25) is 0 Å². The smallest absolute Gasteiger partial charge is 0.0802 e. The molecule has 0 saturated carbocycles. The molecule has 1 atom stereocenters. The topological polar surface area (TPSA) is 32.7 Å². The molecule has 1 unspecified atom stereocenters. The van der Waals surface area contributed by atoms with Crippen molar-refractivity contribution in [1.29, 1.82) is 0 Å². The van der Waals surface area contributed by atoms with Gasteiger partial charge >= 0.3 is 0 Å². The number of likely N-dealkylation sites (N-methyl/N-ethyl adjacent to an activating group) is 1. The molecule has 0 saturated heterocycles. The largest absolute Gasteiger partial charge is 0.388 e. The van der Waals surface area contributed by atoms with Gasteiger partial charge < -0.3 is 14.7 Å². The van der Waals surface area contributed by atoms with E-state index in [1.54, 1.807) is 7.11 Å². The Morgan fingerprint density at radius 1 is 1.28 bits per heavy atom. The first-order valence-electron chi connectivity index (χ1n) is 6.32. The first-order chi connectivity index (χ1) is 8.67. The van der Waals surface area contributed by atoms with Crippen LogP contribution in [-0.2, 0) is 4.74 Å². The molecule has 102 valence electrons. The van der Waals surface area contributed by atoms with Gasteiger partial charge in [-0.05, 0) is 30.7 Å². The SMILES string of the molecule is CCN(CCOC)CCC(O)c1ccc(Cl)cc1. The Balaban J connectivity index is 2.39. The summed E-state index contributed by atoms with van der Waals surface area (Å²) >= 11 is 5.82. The van der Waals surface area contributed by atoms with Crippen LogP contribution in [0.25, 0.3) is 0 Å². The lowest BCUT2D eigenvalue weighted by atomic mass is 10.1. The monoisotopic (exact) mass is 271 g/mol. The van der Waals surface area contributed by atoms with Crippen LogP contribution in [0.3, 0.4) is 0 Å². The van der Waals surface area contributed by atoms with Crippen molar-refractivity contribution in [1.82, 2.24) is 4.90 Å². The molecule has 1 aromatic rings. The van der Waals surface area contributed by atoms with Crippen LogP contribution in [0, 0.1) is 0 Å². The fourth-order valence-electron chi connectivity index (χ4n) is 1.80. The first-order valence-corrected chi connectivity index (χ1v) is 6.70. The quantitative estimate of drug-likeness (QED) is 0.789. The minimum atomic E-state index is -0.432. The third kappa shape index (κ3) is 5.36. The zero-order valence-corrected chi connectivity index (χ0v) is 11.9. The zero-order chi connectivity index (χ0) is 13.4. The molecule has 0 heterocycles. The van der Waals surface area contributed by atoms with Gasteiger partial charge in [-0.15, -0.1) is 0 Å². The molecule has 0 aliphatic heterocycles. The minimum absolute atomic E-state index is 0.432. The number of aliphatic hydroxyl groups excluding tert-OH is 1. The van der Waals surface area contributed by atoms with E-state index in [9.17, 15) is 5.11 Å². The van der Waals surface area contributed by atoms with Crippen LogP contribution in [0.15, 0.2) is 24.3 Å². The maximum absolute atomic E-state index is 10.1. The summed E-state index contributed by atoms with van der Waals surface area (Å²) in [5.41, 5.74) is 0.919. The van der Waals surface area contributed by atoms with Gasteiger partial charge in [0.05, 0.1) is 12.7 Å². The fourth-order valence-corrected chi connectivity index (χ4v) is 1.93. The minimum Gasteiger partial charge on any atom is -0.388 e. The molecule has 0 spiro atoms. The van der Waals surface area contributed by atoms with E-state index in [2.05, 4.69) is 11.8 Å². The average Bonchev–Trinajstić information content (AvgIpc) is 2.39. The van der Waals surface area contributed by atoms with Crippen LogP contribution in [0.5, 0.6) is 0 Å². The van der Waals surface area contributed by atoms with Gasteiger partial charge in [0.25, 0.3) is 0 Å². The zero-order valence-electron chi connectivity index (χ0n) is 11.1. The molecule has 18 heavy (non-hydrogen) atoms. The van der Waals surface area contributed by atoms with E-state index < -0.39 is 6.10 Å². The maximum atomic E-state index is 10.1. The van der Waals surface area contributed by atoms with Crippen LogP contribution >= 0.6 is 11.6 Å². The van der Waals surface area contributed by atoms with E-state index in [1.165, 1.54) is 0 Å². The van der Waals surface area contributed by atoms with Crippen molar-refractivity contribution in [3.63, 3.8) is 0 Å². The number of nitrogens with zero attached hydrogens (tertiary/aromatic N) is 1. The summed E-state index contributed by atoms with van der Waals surface area (Å²) in [7, 11) is 1.70. The first kappa shape index (κ1) is 15.4. The Labute approximate surface area is 114 Å². The molecule has 1 rings (SSSR count). The number of halogens is 1. The highest BCUT2D eigenvalue weighted by Crippen LogP contribution is 2.19. The van der Waals surface area contributed by atoms with Crippen molar-refractivity contribution in [2.24, 2.45) is 0 Å². The standard InChI is InChI=1S/C14H22ClNO2/c1-3-16(10-11-18-2)9-8-14(17)12-4-6-13(15)7-5-12/h4-7,14,17H,3,8-11H2,1-2H3. The average molecular weight is 272 g/mol. The van der Waals surface area contributed by atoms with Crippen molar-refractivity contribution >= 4 is 11.6 Å². The van der Waals surface area contributed by atoms with Crippen LogP contribution in [0.4, 0.5) is 0 Å². The summed E-state index contributed by atoms with van der Waals surface area (Å²) < 4.78 is 5.06. The Morgan fingerprint density at radius 3 is 2.50 bits per heavy atom. The van der Waals surface area contributed by atoms with Crippen LogP contribution in [-0.4, -0.2) is 43.4 Å². The van der Waals surface area contributed by atoms with E-state index in [0.29, 0.717) is 5.02 Å². The Hall–Kier alpha value is -0.610. The van der Waals surface area contributed by atoms with Gasteiger partial charge in [-0.1, -0.05) is 30.7 Å². The summed E-state index contributed by atoms with van der Waals surface area (Å²) in [4.78, 5) is 2.27. The van der Waals surface area contributed by atoms with Gasteiger partial charge in [0, 0.05) is 25.2 Å². The molecule has 0 aliphatic rings. The second-order valence-corrected chi connectivity index (χ2v) is 4.72. The summed E-state index contributed by atoms with van der Waals surface area (Å²) in [6, 6.07) is 7.36. The third-order valence-electron chi connectivity index (χ3n) is 3.03. The summed E-state index contributed by atoms with van der Waals surface area (Å²) in [5, 5.41) is 10.8. The molecule has 0 aliphatic carbocycles. The molecule has 0 radical (unpaired) electrons. The second-order valence-electron chi connectivity index (χ2n) is 4.28. The summed E-state index contributed by atoms with van der Waals surface area (Å²) in [6.07, 6.45) is 0.290. The molecule has 0 amide bonds. The predicted octanol–water partition coefficient (Wildman–Crippen LogP) is 2.73. The van der Waals surface area contributed by atoms with Gasteiger partial charge in [0.15, 0.2) is 0 Å². The molecule has 1 N–H and O–H groups in total. The highest BCUT2D eigenvalue weighted by atomic mass is 35.5. The van der Waals surface area contributed by atoms with Crippen molar-refractivity contribution in [2.45, 2.75) is 19.4 Å². The lowest BCUT2D eigenvalue weighted by Crippen LogP contribution is -2.29. The molecule has 1 aromatic carbocycles. The number of aliphatic hydroxyl groups is 1. The van der Waals surface area contributed by atoms with Gasteiger partial charge in [-0.3, -0.25) is 0 Å². The number of methoxy groups -OCH3 is 1. The molecular weight excluding hydrogens is 250 g/mol. The molecule has 0 bridgehead atoms. The van der Waals surface area contributed by atoms with Gasteiger partial charge in [-0.2, -0.15) is 0 Å². The van der Waals surface area contributed by atoms with E-state index in [4.69, 9.17) is 16.3 Å². The summed E-state index contributed by atoms with van der Waals surface area (Å²) in [6.45, 7) is 5.58. The normalized spacial score (nSPS) is 12.9. The Bertz CT molecular complexity index is 329.